The van der Waals surface area contributed by atoms with Gasteiger partial charge in [-0.2, -0.15) is 0 Å². The van der Waals surface area contributed by atoms with Crippen LogP contribution in [0.1, 0.15) is 88.1 Å². The SMILES string of the molecule is CCC(NC(=O)OC(C)(C)C)[C@H]1CC[C@H](C(=O)N2CC[C@H](c3ccccc3)[C@H]2C(=O)Nc2ccc(C(=O)O)cc2F)CC1. The fourth-order valence-electron chi connectivity index (χ4n) is 6.38. The van der Waals surface area contributed by atoms with Crippen molar-refractivity contribution in [3.8, 4) is 0 Å². The Labute approximate surface area is 252 Å². The second-order valence-electron chi connectivity index (χ2n) is 12.5. The van der Waals surface area contributed by atoms with Gasteiger partial charge in [0.1, 0.15) is 17.5 Å². The van der Waals surface area contributed by atoms with Crippen molar-refractivity contribution in [2.75, 3.05) is 11.9 Å². The first-order valence-corrected chi connectivity index (χ1v) is 15.1. The van der Waals surface area contributed by atoms with E-state index in [0.29, 0.717) is 25.8 Å². The van der Waals surface area contributed by atoms with Crippen LogP contribution in [0.3, 0.4) is 0 Å². The van der Waals surface area contributed by atoms with Gasteiger partial charge in [0.2, 0.25) is 11.8 Å². The molecule has 3 amide bonds. The van der Waals surface area contributed by atoms with Crippen LogP contribution in [0.5, 0.6) is 0 Å². The van der Waals surface area contributed by atoms with E-state index in [1.54, 1.807) is 4.90 Å². The van der Waals surface area contributed by atoms with Crippen molar-refractivity contribution in [2.24, 2.45) is 11.8 Å². The predicted octanol–water partition coefficient (Wildman–Crippen LogP) is 5.96. The van der Waals surface area contributed by atoms with E-state index in [1.807, 2.05) is 58.0 Å². The maximum Gasteiger partial charge on any atom is 0.407 e. The fourth-order valence-corrected chi connectivity index (χ4v) is 6.38. The van der Waals surface area contributed by atoms with Crippen molar-refractivity contribution in [1.29, 1.82) is 0 Å². The summed E-state index contributed by atoms with van der Waals surface area (Å²) in [6.07, 6.45) is 3.70. The second kappa shape index (κ2) is 13.6. The lowest BCUT2D eigenvalue weighted by atomic mass is 9.77. The molecule has 3 N–H and O–H groups in total. The van der Waals surface area contributed by atoms with Crippen LogP contribution in [0.25, 0.3) is 0 Å². The molecule has 3 atom stereocenters. The van der Waals surface area contributed by atoms with E-state index in [-0.39, 0.29) is 41.0 Å². The summed E-state index contributed by atoms with van der Waals surface area (Å²) in [5.74, 6) is -3.04. The number of nitrogens with zero attached hydrogens (tertiary/aromatic N) is 1. The summed E-state index contributed by atoms with van der Waals surface area (Å²) in [4.78, 5) is 52.9. The summed E-state index contributed by atoms with van der Waals surface area (Å²) in [7, 11) is 0. The quantitative estimate of drug-likeness (QED) is 0.346. The minimum atomic E-state index is -1.27. The molecule has 1 aliphatic heterocycles. The van der Waals surface area contributed by atoms with Crippen molar-refractivity contribution >= 4 is 29.6 Å². The highest BCUT2D eigenvalue weighted by atomic mass is 19.1. The molecule has 1 unspecified atom stereocenters. The van der Waals surface area contributed by atoms with Gasteiger partial charge in [0, 0.05) is 24.4 Å². The molecule has 0 aromatic heterocycles. The summed E-state index contributed by atoms with van der Waals surface area (Å²) in [6, 6.07) is 11.9. The third kappa shape index (κ3) is 7.91. The number of halogens is 1. The van der Waals surface area contributed by atoms with Crippen LogP contribution in [0.4, 0.5) is 14.9 Å². The highest BCUT2D eigenvalue weighted by molar-refractivity contribution is 5.99. The minimum Gasteiger partial charge on any atom is -0.478 e. The lowest BCUT2D eigenvalue weighted by Crippen LogP contribution is -2.49. The van der Waals surface area contributed by atoms with Gasteiger partial charge in [0.25, 0.3) is 0 Å². The zero-order valence-corrected chi connectivity index (χ0v) is 25.3. The van der Waals surface area contributed by atoms with Gasteiger partial charge in [-0.1, -0.05) is 37.3 Å². The molecule has 10 heteroatoms. The van der Waals surface area contributed by atoms with Crippen LogP contribution < -0.4 is 10.6 Å². The number of ether oxygens (including phenoxy) is 1. The summed E-state index contributed by atoms with van der Waals surface area (Å²) in [5, 5.41) is 14.8. The lowest BCUT2D eigenvalue weighted by molar-refractivity contribution is -0.141. The topological polar surface area (TPSA) is 125 Å². The third-order valence-corrected chi connectivity index (χ3v) is 8.48. The number of likely N-dealkylation sites (tertiary alicyclic amines) is 1. The van der Waals surface area contributed by atoms with E-state index in [1.165, 1.54) is 12.1 Å². The molecule has 43 heavy (non-hydrogen) atoms. The number of carbonyl (C=O) groups is 4. The van der Waals surface area contributed by atoms with Crippen LogP contribution in [0, 0.1) is 17.7 Å². The fraction of sp³-hybridized carbons (Fsp3) is 0.515. The number of rotatable bonds is 8. The standard InChI is InChI=1S/C33H42FN3O6/c1-5-26(36-32(42)43-33(2,3)4)21-11-13-22(14-12-21)30(39)37-18-17-24(20-9-7-6-8-10-20)28(37)29(38)35-27-16-15-23(31(40)41)19-25(27)34/h6-10,15-16,19,21-22,24,26,28H,5,11-14,17-18H2,1-4H3,(H,35,38)(H,36,42)(H,40,41)/t21-,22-,24-,26?,28+/m1/s1. The molecule has 2 fully saturated rings. The molecule has 1 saturated heterocycles. The molecule has 2 aliphatic rings. The molecule has 1 saturated carbocycles. The molecule has 1 aliphatic carbocycles. The van der Waals surface area contributed by atoms with Gasteiger partial charge >= 0.3 is 12.1 Å². The van der Waals surface area contributed by atoms with Gasteiger partial charge in [0.05, 0.1) is 11.3 Å². The number of hydrogen-bond donors (Lipinski definition) is 3. The van der Waals surface area contributed by atoms with Crippen molar-refractivity contribution in [3.63, 3.8) is 0 Å². The minimum absolute atomic E-state index is 0.0545. The van der Waals surface area contributed by atoms with Crippen molar-refractivity contribution in [3.05, 3.63) is 65.5 Å². The summed E-state index contributed by atoms with van der Waals surface area (Å²) >= 11 is 0. The van der Waals surface area contributed by atoms with Gasteiger partial charge in [-0.05, 0) is 89.0 Å². The smallest absolute Gasteiger partial charge is 0.407 e. The lowest BCUT2D eigenvalue weighted by Gasteiger charge is -2.36. The average molecular weight is 596 g/mol. The number of carbonyl (C=O) groups excluding carboxylic acids is 3. The first-order valence-electron chi connectivity index (χ1n) is 15.1. The molecule has 9 nitrogen and oxygen atoms in total. The molecule has 2 aromatic rings. The number of alkyl carbamates (subject to hydrolysis) is 1. The Hall–Kier alpha value is -3.95. The number of aromatic carboxylic acids is 1. The van der Waals surface area contributed by atoms with Gasteiger partial charge in [-0.25, -0.2) is 14.0 Å². The maximum absolute atomic E-state index is 14.7. The molecule has 1 heterocycles. The first kappa shape index (κ1) is 32.0. The Morgan fingerprint density at radius 1 is 1.02 bits per heavy atom. The van der Waals surface area contributed by atoms with E-state index in [0.717, 1.165) is 30.9 Å². The van der Waals surface area contributed by atoms with E-state index in [9.17, 15) is 23.6 Å². The number of benzene rings is 2. The number of nitrogens with one attached hydrogen (secondary N) is 2. The maximum atomic E-state index is 14.7. The predicted molar refractivity (Wildman–Crippen MR) is 160 cm³/mol. The Kier molecular flexibility index (Phi) is 10.1. The molecule has 0 radical (unpaired) electrons. The highest BCUT2D eigenvalue weighted by Crippen LogP contribution is 2.39. The van der Waals surface area contributed by atoms with Gasteiger partial charge < -0.3 is 25.4 Å². The zero-order valence-electron chi connectivity index (χ0n) is 25.3. The molecule has 0 spiro atoms. The number of amides is 3. The van der Waals surface area contributed by atoms with Crippen molar-refractivity contribution in [2.45, 2.75) is 89.8 Å². The van der Waals surface area contributed by atoms with Crippen LogP contribution in [0.15, 0.2) is 48.5 Å². The van der Waals surface area contributed by atoms with Gasteiger partial charge in [-0.3, -0.25) is 9.59 Å². The molecule has 232 valence electrons. The highest BCUT2D eigenvalue weighted by Gasteiger charge is 2.45. The summed E-state index contributed by atoms with van der Waals surface area (Å²) < 4.78 is 20.2. The molecule has 4 rings (SSSR count). The van der Waals surface area contributed by atoms with Gasteiger partial charge in [0.15, 0.2) is 0 Å². The molecule has 2 aromatic carbocycles. The summed E-state index contributed by atoms with van der Waals surface area (Å²) in [6.45, 7) is 7.89. The normalized spacial score (nSPS) is 22.9. The molecular weight excluding hydrogens is 553 g/mol. The Morgan fingerprint density at radius 3 is 2.28 bits per heavy atom. The van der Waals surface area contributed by atoms with Crippen LogP contribution in [0.2, 0.25) is 0 Å². The van der Waals surface area contributed by atoms with E-state index < -0.39 is 35.4 Å². The Morgan fingerprint density at radius 2 is 1.70 bits per heavy atom. The Bertz CT molecular complexity index is 1320. The molecule has 0 bridgehead atoms. The first-order chi connectivity index (χ1) is 20.4. The number of hydrogen-bond acceptors (Lipinski definition) is 5. The van der Waals surface area contributed by atoms with Crippen LogP contribution in [-0.2, 0) is 14.3 Å². The van der Waals surface area contributed by atoms with Gasteiger partial charge in [-0.15, -0.1) is 0 Å². The zero-order chi connectivity index (χ0) is 31.3. The third-order valence-electron chi connectivity index (χ3n) is 8.48. The molecular formula is C33H42FN3O6. The van der Waals surface area contributed by atoms with Crippen LogP contribution in [-0.4, -0.2) is 58.1 Å². The van der Waals surface area contributed by atoms with E-state index >= 15 is 0 Å². The number of carboxylic acid groups (broad SMARTS) is 1. The number of anilines is 1. The Balaban J connectivity index is 1.47. The largest absolute Gasteiger partial charge is 0.478 e. The van der Waals surface area contributed by atoms with E-state index in [2.05, 4.69) is 10.6 Å². The van der Waals surface area contributed by atoms with Crippen molar-refractivity contribution < 1.29 is 33.4 Å². The van der Waals surface area contributed by atoms with Crippen LogP contribution >= 0.6 is 0 Å². The monoisotopic (exact) mass is 595 g/mol. The second-order valence-corrected chi connectivity index (χ2v) is 12.5. The average Bonchev–Trinajstić information content (AvgIpc) is 3.41. The van der Waals surface area contributed by atoms with Crippen molar-refractivity contribution in [1.82, 2.24) is 10.2 Å². The summed E-state index contributed by atoms with van der Waals surface area (Å²) in [5.41, 5.74) is -0.0272. The van der Waals surface area contributed by atoms with E-state index in [4.69, 9.17) is 9.84 Å². The number of carboxylic acids is 1.